The Balaban J connectivity index is 0.00000128. The second-order valence-electron chi connectivity index (χ2n) is 3.24. The van der Waals surface area contributed by atoms with E-state index in [-0.39, 0.29) is 90.9 Å². The maximum atomic E-state index is 7.89. The van der Waals surface area contributed by atoms with Crippen molar-refractivity contribution in [3.63, 3.8) is 0 Å². The van der Waals surface area contributed by atoms with Crippen molar-refractivity contribution in [1.29, 1.82) is 0 Å². The van der Waals surface area contributed by atoms with Gasteiger partial charge in [0.2, 0.25) is 0 Å². The Morgan fingerprint density at radius 3 is 2.24 bits per heavy atom. The SMILES string of the molecule is [NH-]/C(=C\c1[c-]cccc1)c1ccccc1.[Rb+].[Y]. The maximum absolute atomic E-state index is 7.89. The fourth-order valence-corrected chi connectivity index (χ4v) is 1.35. The summed E-state index contributed by atoms with van der Waals surface area (Å²) in [6, 6.07) is 20.4. The van der Waals surface area contributed by atoms with Crippen molar-refractivity contribution >= 4 is 11.8 Å². The van der Waals surface area contributed by atoms with Crippen molar-refractivity contribution in [3.05, 3.63) is 77.5 Å². The van der Waals surface area contributed by atoms with Crippen molar-refractivity contribution in [2.24, 2.45) is 0 Å². The molecule has 77 valence electrons. The van der Waals surface area contributed by atoms with E-state index in [1.54, 1.807) is 0 Å². The first-order valence-electron chi connectivity index (χ1n) is 4.82. The average Bonchev–Trinajstić information content (AvgIpc) is 2.31. The second-order valence-corrected chi connectivity index (χ2v) is 3.24. The quantitative estimate of drug-likeness (QED) is 0.559. The summed E-state index contributed by atoms with van der Waals surface area (Å²) < 4.78 is 0. The van der Waals surface area contributed by atoms with E-state index in [9.17, 15) is 0 Å². The molecule has 1 nitrogen and oxygen atoms in total. The summed E-state index contributed by atoms with van der Waals surface area (Å²) in [7, 11) is 0. The van der Waals surface area contributed by atoms with Crippen LogP contribution >= 0.6 is 0 Å². The largest absolute Gasteiger partial charge is 1.00 e. The van der Waals surface area contributed by atoms with Crippen molar-refractivity contribution in [1.82, 2.24) is 0 Å². The van der Waals surface area contributed by atoms with Crippen LogP contribution in [0.25, 0.3) is 17.5 Å². The molecule has 0 saturated carbocycles. The summed E-state index contributed by atoms with van der Waals surface area (Å²) in [6.07, 6.45) is 1.81. The molecular weight excluding hydrogens is 357 g/mol. The monoisotopic (exact) mass is 367 g/mol. The van der Waals surface area contributed by atoms with Crippen LogP contribution in [0.2, 0.25) is 0 Å². The standard InChI is InChI=1S/C14H11N.Rb.Y/c15-14(13-9-5-2-6-10-13)11-12-7-3-1-4-8-12;;/h1-7,9-11,15H;;/q-2;+1;/b14-11-;;. The van der Waals surface area contributed by atoms with Gasteiger partial charge in [0.25, 0.3) is 0 Å². The van der Waals surface area contributed by atoms with Gasteiger partial charge in [-0.1, -0.05) is 30.3 Å². The zero-order chi connectivity index (χ0) is 10.5. The minimum absolute atomic E-state index is 0. The summed E-state index contributed by atoms with van der Waals surface area (Å²) in [5.74, 6) is 0. The molecule has 2 aromatic rings. The molecule has 1 radical (unpaired) electrons. The summed E-state index contributed by atoms with van der Waals surface area (Å²) in [5, 5.41) is 0. The molecular formula is C14H11NRbY-. The van der Waals surface area contributed by atoms with Gasteiger partial charge in [-0.25, -0.2) is 0 Å². The fourth-order valence-electron chi connectivity index (χ4n) is 1.35. The molecule has 3 heteroatoms. The van der Waals surface area contributed by atoms with Crippen LogP contribution < -0.4 is 58.2 Å². The first kappa shape index (κ1) is 17.9. The molecule has 2 rings (SSSR count). The van der Waals surface area contributed by atoms with Crippen LogP contribution in [0.3, 0.4) is 0 Å². The molecule has 17 heavy (non-hydrogen) atoms. The fraction of sp³-hybridized carbons (Fsp3) is 0. The zero-order valence-electron chi connectivity index (χ0n) is 9.85. The Bertz CT molecular complexity index is 454. The Hall–Kier alpha value is 0.889. The van der Waals surface area contributed by atoms with Crippen LogP contribution in [0.5, 0.6) is 0 Å². The number of rotatable bonds is 2. The van der Waals surface area contributed by atoms with Crippen LogP contribution in [0.1, 0.15) is 11.1 Å². The summed E-state index contributed by atoms with van der Waals surface area (Å²) in [4.78, 5) is 0. The van der Waals surface area contributed by atoms with Crippen molar-refractivity contribution in [2.75, 3.05) is 0 Å². The van der Waals surface area contributed by atoms with Gasteiger partial charge >= 0.3 is 58.2 Å². The number of hydrogen-bond acceptors (Lipinski definition) is 0. The topological polar surface area (TPSA) is 23.8 Å². The minimum atomic E-state index is 0. The van der Waals surface area contributed by atoms with Gasteiger partial charge in [0.15, 0.2) is 0 Å². The third-order valence-electron chi connectivity index (χ3n) is 2.12. The van der Waals surface area contributed by atoms with Gasteiger partial charge < -0.3 is 5.73 Å². The van der Waals surface area contributed by atoms with Gasteiger partial charge in [-0.05, 0) is 5.56 Å². The van der Waals surface area contributed by atoms with Crippen LogP contribution in [0, 0.1) is 6.07 Å². The summed E-state index contributed by atoms with van der Waals surface area (Å²) >= 11 is 0. The first-order chi connectivity index (χ1) is 7.36. The summed E-state index contributed by atoms with van der Waals surface area (Å²) in [5.41, 5.74) is 10.3. The Kier molecular flexibility index (Phi) is 10.3. The zero-order valence-corrected chi connectivity index (χ0v) is 17.6. The first-order valence-corrected chi connectivity index (χ1v) is 4.82. The molecule has 2 aromatic carbocycles. The Morgan fingerprint density at radius 1 is 1.00 bits per heavy atom. The van der Waals surface area contributed by atoms with E-state index in [1.165, 1.54) is 0 Å². The minimum Gasteiger partial charge on any atom is -0.706 e. The molecule has 0 saturated heterocycles. The number of nitrogens with one attached hydrogen (secondary N) is 1. The molecule has 0 heterocycles. The number of hydrogen-bond donors (Lipinski definition) is 0. The van der Waals surface area contributed by atoms with Crippen LogP contribution in [-0.4, -0.2) is 0 Å². The average molecular weight is 368 g/mol. The van der Waals surface area contributed by atoms with E-state index in [2.05, 4.69) is 6.07 Å². The molecule has 0 unspecified atom stereocenters. The molecule has 0 fully saturated rings. The van der Waals surface area contributed by atoms with Crippen molar-refractivity contribution in [2.45, 2.75) is 0 Å². The van der Waals surface area contributed by atoms with Gasteiger partial charge in [0, 0.05) is 32.7 Å². The van der Waals surface area contributed by atoms with Gasteiger partial charge in [0.05, 0.1) is 0 Å². The second kappa shape index (κ2) is 9.77. The van der Waals surface area contributed by atoms with Crippen LogP contribution in [0.4, 0.5) is 0 Å². The predicted octanol–water partition coefficient (Wildman–Crippen LogP) is 1.04. The molecule has 0 atom stereocenters. The molecule has 0 aromatic heterocycles. The van der Waals surface area contributed by atoms with E-state index in [1.807, 2.05) is 60.7 Å². The van der Waals surface area contributed by atoms with Gasteiger partial charge in [0.1, 0.15) is 0 Å². The number of benzene rings is 2. The van der Waals surface area contributed by atoms with Crippen LogP contribution in [-0.2, 0) is 32.7 Å². The molecule has 0 aliphatic carbocycles. The Morgan fingerprint density at radius 2 is 1.65 bits per heavy atom. The third-order valence-corrected chi connectivity index (χ3v) is 2.12. The van der Waals surface area contributed by atoms with E-state index in [0.29, 0.717) is 5.70 Å². The third kappa shape index (κ3) is 6.04. The van der Waals surface area contributed by atoms with E-state index >= 15 is 0 Å². The maximum Gasteiger partial charge on any atom is 1.00 e. The normalized spacial score (nSPS) is 10.0. The van der Waals surface area contributed by atoms with Crippen LogP contribution in [0.15, 0.2) is 54.6 Å². The van der Waals surface area contributed by atoms with E-state index in [4.69, 9.17) is 5.73 Å². The molecule has 0 amide bonds. The predicted molar refractivity (Wildman–Crippen MR) is 63.9 cm³/mol. The van der Waals surface area contributed by atoms with E-state index < -0.39 is 0 Å². The molecule has 0 bridgehead atoms. The molecule has 0 aliphatic heterocycles. The smallest absolute Gasteiger partial charge is 0.706 e. The summed E-state index contributed by atoms with van der Waals surface area (Å²) in [6.45, 7) is 0. The molecule has 0 spiro atoms. The van der Waals surface area contributed by atoms with Gasteiger partial charge in [-0.2, -0.15) is 17.3 Å². The van der Waals surface area contributed by atoms with Crippen molar-refractivity contribution < 1.29 is 90.9 Å². The van der Waals surface area contributed by atoms with Gasteiger partial charge in [-0.3, -0.25) is 0 Å². The van der Waals surface area contributed by atoms with E-state index in [0.717, 1.165) is 11.1 Å². The Labute approximate surface area is 177 Å². The van der Waals surface area contributed by atoms with Gasteiger partial charge in [-0.15, -0.1) is 30.3 Å². The molecule has 1 N–H and O–H groups in total. The molecule has 0 aliphatic rings. The van der Waals surface area contributed by atoms with Crippen molar-refractivity contribution in [3.8, 4) is 0 Å².